The summed E-state index contributed by atoms with van der Waals surface area (Å²) in [5.74, 6) is 1.50. The van der Waals surface area contributed by atoms with E-state index in [-0.39, 0.29) is 11.1 Å². The van der Waals surface area contributed by atoms with Crippen molar-refractivity contribution in [3.05, 3.63) is 47.5 Å². The zero-order chi connectivity index (χ0) is 11.1. The monoisotopic (exact) mass is 194 g/mol. The first-order chi connectivity index (χ1) is 7.33. The number of carbonyl (C=O) groups excluding carboxylic acids is 1. The molecule has 15 heavy (non-hydrogen) atoms. The third-order valence-electron chi connectivity index (χ3n) is 1.77. The Bertz CT molecular complexity index is 509. The third kappa shape index (κ3) is 2.42. The Balaban J connectivity index is 3.39. The van der Waals surface area contributed by atoms with E-state index in [4.69, 9.17) is 10.5 Å². The van der Waals surface area contributed by atoms with Crippen LogP contribution in [0.3, 0.4) is 0 Å². The van der Waals surface area contributed by atoms with Gasteiger partial charge in [0.1, 0.15) is 18.1 Å². The normalized spacial score (nSPS) is 10.3. The van der Waals surface area contributed by atoms with E-state index in [0.29, 0.717) is 5.56 Å². The Morgan fingerprint density at radius 1 is 1.13 bits per heavy atom. The zero-order valence-corrected chi connectivity index (χ0v) is 7.77. The topological polar surface area (TPSA) is 64.7 Å². The lowest BCUT2D eigenvalue weighted by Crippen LogP contribution is -1.85. The van der Waals surface area contributed by atoms with E-state index in [0.717, 1.165) is 6.08 Å². The van der Waals surface area contributed by atoms with E-state index in [1.165, 1.54) is 5.94 Å². The van der Waals surface area contributed by atoms with Crippen molar-refractivity contribution in [2.75, 3.05) is 0 Å². The van der Waals surface area contributed by atoms with Crippen molar-refractivity contribution in [3.63, 3.8) is 0 Å². The average molecular weight is 194 g/mol. The van der Waals surface area contributed by atoms with Crippen LogP contribution in [0.15, 0.2) is 42.0 Å². The van der Waals surface area contributed by atoms with E-state index in [2.05, 4.69) is 0 Å². The molecule has 0 aliphatic carbocycles. The summed E-state index contributed by atoms with van der Waals surface area (Å²) in [7, 11) is 0. The van der Waals surface area contributed by atoms with Gasteiger partial charge in [-0.25, -0.2) is 4.79 Å². The van der Waals surface area contributed by atoms with Crippen LogP contribution in [0.1, 0.15) is 5.56 Å². The highest BCUT2D eigenvalue weighted by molar-refractivity contribution is 5.85. The molecule has 0 unspecified atom stereocenters. The van der Waals surface area contributed by atoms with Crippen molar-refractivity contribution in [1.82, 2.24) is 0 Å². The summed E-state index contributed by atoms with van der Waals surface area (Å²) < 4.78 is 0. The SMILES string of the molecule is N#CC(C=C=O)=C(C#N)c1ccccc1. The van der Waals surface area contributed by atoms with Crippen LogP contribution in [-0.2, 0) is 4.79 Å². The Labute approximate surface area is 87.2 Å². The highest BCUT2D eigenvalue weighted by Crippen LogP contribution is 2.17. The van der Waals surface area contributed by atoms with Gasteiger partial charge in [0.15, 0.2) is 0 Å². The molecule has 0 N–H and O–H groups in total. The maximum Gasteiger partial charge on any atom is 0.125 e. The van der Waals surface area contributed by atoms with Gasteiger partial charge in [-0.3, -0.25) is 0 Å². The van der Waals surface area contributed by atoms with Crippen LogP contribution in [0.25, 0.3) is 5.57 Å². The van der Waals surface area contributed by atoms with Crippen LogP contribution >= 0.6 is 0 Å². The summed E-state index contributed by atoms with van der Waals surface area (Å²) in [6, 6.07) is 12.4. The molecule has 3 heteroatoms. The molecule has 0 saturated carbocycles. The molecule has 0 spiro atoms. The second kappa shape index (κ2) is 5.19. The van der Waals surface area contributed by atoms with Gasteiger partial charge in [-0.2, -0.15) is 10.5 Å². The van der Waals surface area contributed by atoms with Gasteiger partial charge in [-0.05, 0) is 5.56 Å². The van der Waals surface area contributed by atoms with Crippen LogP contribution in [-0.4, -0.2) is 5.94 Å². The molecule has 1 aromatic rings. The molecule has 0 aliphatic rings. The van der Waals surface area contributed by atoms with Crippen molar-refractivity contribution in [1.29, 1.82) is 10.5 Å². The molecular weight excluding hydrogens is 188 g/mol. The highest BCUT2D eigenvalue weighted by atomic mass is 16.1. The van der Waals surface area contributed by atoms with Crippen molar-refractivity contribution >= 4 is 11.5 Å². The van der Waals surface area contributed by atoms with Gasteiger partial charge in [-0.15, -0.1) is 0 Å². The van der Waals surface area contributed by atoms with E-state index in [9.17, 15) is 4.79 Å². The third-order valence-corrected chi connectivity index (χ3v) is 1.77. The maximum atomic E-state index is 10.2. The largest absolute Gasteiger partial charge is 0.233 e. The number of nitrogens with zero attached hydrogens (tertiary/aromatic N) is 2. The Morgan fingerprint density at radius 3 is 2.27 bits per heavy atom. The van der Waals surface area contributed by atoms with Crippen LogP contribution in [0.4, 0.5) is 0 Å². The molecule has 0 amide bonds. The van der Waals surface area contributed by atoms with Crippen molar-refractivity contribution < 1.29 is 4.79 Å². The van der Waals surface area contributed by atoms with Gasteiger partial charge >= 0.3 is 0 Å². The first-order valence-corrected chi connectivity index (χ1v) is 4.14. The lowest BCUT2D eigenvalue weighted by Gasteiger charge is -1.97. The van der Waals surface area contributed by atoms with Crippen molar-refractivity contribution in [3.8, 4) is 12.1 Å². The molecule has 0 fully saturated rings. The molecule has 0 radical (unpaired) electrons. The van der Waals surface area contributed by atoms with Gasteiger partial charge in [0.25, 0.3) is 0 Å². The van der Waals surface area contributed by atoms with E-state index >= 15 is 0 Å². The number of nitriles is 2. The van der Waals surface area contributed by atoms with Gasteiger partial charge < -0.3 is 0 Å². The first-order valence-electron chi connectivity index (χ1n) is 4.14. The molecule has 0 aromatic heterocycles. The van der Waals surface area contributed by atoms with Crippen molar-refractivity contribution in [2.24, 2.45) is 0 Å². The number of rotatable bonds is 2. The second-order valence-corrected chi connectivity index (χ2v) is 2.64. The summed E-state index contributed by atoms with van der Waals surface area (Å²) >= 11 is 0. The summed E-state index contributed by atoms with van der Waals surface area (Å²) in [5.41, 5.74) is 0.822. The first kappa shape index (κ1) is 10.5. The molecule has 0 heterocycles. The standard InChI is InChI=1S/C12H6N2O/c13-8-11(6-7-15)12(9-14)10-4-2-1-3-5-10/h1-6H. The molecule has 0 atom stereocenters. The number of benzene rings is 1. The van der Waals surface area contributed by atoms with Gasteiger partial charge in [-0.1, -0.05) is 30.3 Å². The van der Waals surface area contributed by atoms with Gasteiger partial charge in [0.2, 0.25) is 0 Å². The predicted molar refractivity (Wildman–Crippen MR) is 54.9 cm³/mol. The predicted octanol–water partition coefficient (Wildman–Crippen LogP) is 1.88. The minimum atomic E-state index is 0.0266. The molecular formula is C12H6N2O. The molecule has 0 aliphatic heterocycles. The van der Waals surface area contributed by atoms with E-state index in [1.54, 1.807) is 36.4 Å². The Morgan fingerprint density at radius 2 is 1.80 bits per heavy atom. The highest BCUT2D eigenvalue weighted by Gasteiger charge is 2.05. The zero-order valence-electron chi connectivity index (χ0n) is 7.77. The lowest BCUT2D eigenvalue weighted by molar-refractivity contribution is 0.569. The molecule has 1 rings (SSSR count). The van der Waals surface area contributed by atoms with E-state index < -0.39 is 0 Å². The molecule has 3 nitrogen and oxygen atoms in total. The van der Waals surface area contributed by atoms with Gasteiger partial charge in [0, 0.05) is 6.08 Å². The minimum Gasteiger partial charge on any atom is -0.233 e. The maximum absolute atomic E-state index is 10.2. The lowest BCUT2D eigenvalue weighted by atomic mass is 10.0. The van der Waals surface area contributed by atoms with Crippen molar-refractivity contribution in [2.45, 2.75) is 0 Å². The van der Waals surface area contributed by atoms with Crippen LogP contribution in [0, 0.1) is 22.7 Å². The minimum absolute atomic E-state index is 0.0266. The molecule has 0 bridgehead atoms. The molecule has 1 aromatic carbocycles. The summed E-state index contributed by atoms with van der Waals surface area (Å²) in [6.07, 6.45) is 0.964. The summed E-state index contributed by atoms with van der Waals surface area (Å²) in [5, 5.41) is 17.6. The quantitative estimate of drug-likeness (QED) is 0.410. The fraction of sp³-hybridized carbons (Fsp3) is 0. The van der Waals surface area contributed by atoms with Gasteiger partial charge in [0.05, 0.1) is 11.1 Å². The summed E-state index contributed by atoms with van der Waals surface area (Å²) in [6.45, 7) is 0. The van der Waals surface area contributed by atoms with E-state index in [1.807, 2.05) is 6.07 Å². The Hall–Kier alpha value is -2.61. The Kier molecular flexibility index (Phi) is 3.62. The fourth-order valence-corrected chi connectivity index (χ4v) is 1.10. The molecule has 70 valence electrons. The number of hydrogen-bond acceptors (Lipinski definition) is 3. The van der Waals surface area contributed by atoms with Crippen LogP contribution < -0.4 is 0 Å². The van der Waals surface area contributed by atoms with Crippen LogP contribution in [0.2, 0.25) is 0 Å². The average Bonchev–Trinajstić information content (AvgIpc) is 2.30. The fourth-order valence-electron chi connectivity index (χ4n) is 1.10. The van der Waals surface area contributed by atoms with Crippen LogP contribution in [0.5, 0.6) is 0 Å². The smallest absolute Gasteiger partial charge is 0.125 e. The number of allylic oxidation sites excluding steroid dienone is 3. The number of hydrogen-bond donors (Lipinski definition) is 0. The second-order valence-electron chi connectivity index (χ2n) is 2.64. The molecule has 0 saturated heterocycles. The summed E-state index contributed by atoms with van der Waals surface area (Å²) in [4.78, 5) is 10.2.